The highest BCUT2D eigenvalue weighted by Crippen LogP contribution is 2.39. The van der Waals surface area contributed by atoms with Crippen LogP contribution in [0.4, 0.5) is 14.5 Å². The summed E-state index contributed by atoms with van der Waals surface area (Å²) in [7, 11) is 1.46. The molecule has 2 aromatic rings. The molecule has 1 saturated heterocycles. The molecule has 0 bridgehead atoms. The van der Waals surface area contributed by atoms with E-state index < -0.39 is 12.5 Å². The Balaban J connectivity index is 1.47. The van der Waals surface area contributed by atoms with Gasteiger partial charge in [0.2, 0.25) is 5.91 Å². The van der Waals surface area contributed by atoms with Crippen LogP contribution in [0.25, 0.3) is 0 Å². The Morgan fingerprint density at radius 3 is 2.56 bits per heavy atom. The van der Waals surface area contributed by atoms with Crippen molar-refractivity contribution in [1.29, 1.82) is 0 Å². The Kier molecular flexibility index (Phi) is 7.81. The fourth-order valence-electron chi connectivity index (χ4n) is 4.55. The van der Waals surface area contributed by atoms with Gasteiger partial charge in [-0.25, -0.2) is 0 Å². The summed E-state index contributed by atoms with van der Waals surface area (Å²) in [5.74, 6) is 0.527. The smallest absolute Gasteiger partial charge is 0.387 e. The minimum atomic E-state index is -2.94. The monoisotopic (exact) mass is 503 g/mol. The van der Waals surface area contributed by atoms with E-state index in [1.807, 2.05) is 0 Å². The second-order valence-corrected chi connectivity index (χ2v) is 9.26. The molecule has 8 nitrogen and oxygen atoms in total. The van der Waals surface area contributed by atoms with Gasteiger partial charge in [-0.3, -0.25) is 9.59 Å². The van der Waals surface area contributed by atoms with E-state index in [4.69, 9.17) is 15.2 Å². The number of amides is 2. The molecule has 2 fully saturated rings. The van der Waals surface area contributed by atoms with Crippen molar-refractivity contribution >= 4 is 17.5 Å². The number of carbonyl (C=O) groups excluding carboxylic acids is 2. The van der Waals surface area contributed by atoms with Crippen LogP contribution in [0.5, 0.6) is 17.2 Å². The van der Waals surface area contributed by atoms with Gasteiger partial charge in [-0.2, -0.15) is 8.78 Å². The lowest BCUT2D eigenvalue weighted by atomic mass is 9.96. The van der Waals surface area contributed by atoms with Gasteiger partial charge in [0.05, 0.1) is 19.3 Å². The molecular weight excluding hydrogens is 472 g/mol. The maximum absolute atomic E-state index is 12.9. The van der Waals surface area contributed by atoms with Crippen molar-refractivity contribution in [3.8, 4) is 17.2 Å². The van der Waals surface area contributed by atoms with Gasteiger partial charge < -0.3 is 30.2 Å². The number of rotatable bonds is 11. The molecule has 0 aromatic heterocycles. The first-order chi connectivity index (χ1) is 17.2. The van der Waals surface area contributed by atoms with E-state index in [0.717, 1.165) is 24.1 Å². The maximum atomic E-state index is 12.9. The minimum absolute atomic E-state index is 0.0105. The van der Waals surface area contributed by atoms with Gasteiger partial charge in [-0.15, -0.1) is 0 Å². The van der Waals surface area contributed by atoms with E-state index in [0.29, 0.717) is 43.5 Å². The van der Waals surface area contributed by atoms with Crippen molar-refractivity contribution < 1.29 is 32.6 Å². The minimum Gasteiger partial charge on any atom is -0.496 e. The SMILES string of the molecule is COc1cc(NC[C@H]2CC(c3ccc(OC(F)F)c(OCC4CC4)c3)CN2C(C)=O)ccc1C(N)=O. The maximum Gasteiger partial charge on any atom is 0.387 e. The Morgan fingerprint density at radius 2 is 1.92 bits per heavy atom. The van der Waals surface area contributed by atoms with Crippen LogP contribution in [0.1, 0.15) is 48.0 Å². The summed E-state index contributed by atoms with van der Waals surface area (Å²) >= 11 is 0. The predicted molar refractivity (Wildman–Crippen MR) is 130 cm³/mol. The number of halogens is 2. The molecule has 36 heavy (non-hydrogen) atoms. The van der Waals surface area contributed by atoms with E-state index in [9.17, 15) is 18.4 Å². The summed E-state index contributed by atoms with van der Waals surface area (Å²) in [6, 6.07) is 9.95. The topological polar surface area (TPSA) is 103 Å². The number of nitrogens with one attached hydrogen (secondary N) is 1. The number of carbonyl (C=O) groups is 2. The molecule has 2 atom stereocenters. The Bertz CT molecular complexity index is 1110. The van der Waals surface area contributed by atoms with Crippen LogP contribution in [-0.4, -0.2) is 56.2 Å². The highest BCUT2D eigenvalue weighted by molar-refractivity contribution is 5.96. The van der Waals surface area contributed by atoms with E-state index >= 15 is 0 Å². The summed E-state index contributed by atoms with van der Waals surface area (Å²) in [6.45, 7) is 0.0434. The number of methoxy groups -OCH3 is 1. The molecule has 0 spiro atoms. The second-order valence-electron chi connectivity index (χ2n) is 9.26. The largest absolute Gasteiger partial charge is 0.496 e. The van der Waals surface area contributed by atoms with Crippen LogP contribution in [0.3, 0.4) is 0 Å². The molecule has 1 unspecified atom stereocenters. The highest BCUT2D eigenvalue weighted by atomic mass is 19.3. The third kappa shape index (κ3) is 6.16. The number of hydrogen-bond acceptors (Lipinski definition) is 6. The average molecular weight is 504 g/mol. The fraction of sp³-hybridized carbons (Fsp3) is 0.462. The zero-order valence-corrected chi connectivity index (χ0v) is 20.3. The number of primary amides is 1. The standard InChI is InChI=1S/C26H31F2N3O5/c1-15(32)31-13-18(9-20(31)12-30-19-6-7-21(25(29)33)23(11-19)34-2)17-5-8-22(36-26(27)28)24(10-17)35-14-16-3-4-16/h5-8,10-11,16,18,20,26,30H,3-4,9,12-14H2,1-2H3,(H2,29,33)/t18?,20-/m1/s1. The van der Waals surface area contributed by atoms with Crippen molar-refractivity contribution in [1.82, 2.24) is 4.90 Å². The first kappa shape index (κ1) is 25.5. The normalized spacial score (nSPS) is 19.3. The van der Waals surface area contributed by atoms with Gasteiger partial charge in [0.15, 0.2) is 11.5 Å². The van der Waals surface area contributed by atoms with Gasteiger partial charge in [-0.1, -0.05) is 6.07 Å². The third-order valence-corrected chi connectivity index (χ3v) is 6.65. The molecule has 1 saturated carbocycles. The summed E-state index contributed by atoms with van der Waals surface area (Å²) < 4.78 is 41.5. The van der Waals surface area contributed by atoms with Crippen molar-refractivity contribution in [2.24, 2.45) is 11.7 Å². The molecule has 10 heteroatoms. The third-order valence-electron chi connectivity index (χ3n) is 6.65. The van der Waals surface area contributed by atoms with Crippen molar-refractivity contribution in [2.45, 2.75) is 44.8 Å². The molecule has 4 rings (SSSR count). The number of hydrogen-bond donors (Lipinski definition) is 2. The number of nitrogens with two attached hydrogens (primary N) is 1. The number of nitrogens with zero attached hydrogens (tertiary/aromatic N) is 1. The number of anilines is 1. The van der Waals surface area contributed by atoms with Crippen LogP contribution >= 0.6 is 0 Å². The number of benzene rings is 2. The molecule has 1 aliphatic carbocycles. The Labute approximate surface area is 208 Å². The van der Waals surface area contributed by atoms with E-state index in [2.05, 4.69) is 10.1 Å². The van der Waals surface area contributed by atoms with Crippen molar-refractivity contribution in [3.05, 3.63) is 47.5 Å². The highest BCUT2D eigenvalue weighted by Gasteiger charge is 2.35. The van der Waals surface area contributed by atoms with Crippen LogP contribution in [0.15, 0.2) is 36.4 Å². The van der Waals surface area contributed by atoms with E-state index in [1.165, 1.54) is 20.1 Å². The van der Waals surface area contributed by atoms with Gasteiger partial charge >= 0.3 is 6.61 Å². The number of alkyl halides is 2. The summed E-state index contributed by atoms with van der Waals surface area (Å²) in [5.41, 5.74) is 7.30. The molecule has 3 N–H and O–H groups in total. The van der Waals surface area contributed by atoms with Crippen molar-refractivity contribution in [2.75, 3.05) is 32.1 Å². The van der Waals surface area contributed by atoms with Crippen molar-refractivity contribution in [3.63, 3.8) is 0 Å². The van der Waals surface area contributed by atoms with Gasteiger partial charge in [-0.05, 0) is 55.0 Å². The second kappa shape index (κ2) is 11.0. The number of ether oxygens (including phenoxy) is 3. The molecule has 1 aliphatic heterocycles. The molecule has 2 aliphatic rings. The molecule has 194 valence electrons. The summed E-state index contributed by atoms with van der Waals surface area (Å²) in [4.78, 5) is 25.7. The Morgan fingerprint density at radius 1 is 1.14 bits per heavy atom. The van der Waals surface area contributed by atoms with Gasteiger partial charge in [0, 0.05) is 43.7 Å². The molecular formula is C26H31F2N3O5. The molecule has 2 aromatic carbocycles. The van der Waals surface area contributed by atoms with E-state index in [1.54, 1.807) is 35.2 Å². The lowest BCUT2D eigenvalue weighted by Crippen LogP contribution is -2.38. The Hall–Kier alpha value is -3.56. The van der Waals surface area contributed by atoms with Crippen LogP contribution in [0, 0.1) is 5.92 Å². The predicted octanol–water partition coefficient (Wildman–Crippen LogP) is 4.00. The first-order valence-corrected chi connectivity index (χ1v) is 12.0. The lowest BCUT2D eigenvalue weighted by Gasteiger charge is -2.24. The molecule has 0 radical (unpaired) electrons. The lowest BCUT2D eigenvalue weighted by molar-refractivity contribution is -0.129. The van der Waals surface area contributed by atoms with Gasteiger partial charge in [0.25, 0.3) is 5.91 Å². The summed E-state index contributed by atoms with van der Waals surface area (Å²) in [6.07, 6.45) is 2.83. The number of likely N-dealkylation sites (tertiary alicyclic amines) is 1. The van der Waals surface area contributed by atoms with E-state index in [-0.39, 0.29) is 29.2 Å². The van der Waals surface area contributed by atoms with Crippen LogP contribution in [-0.2, 0) is 4.79 Å². The summed E-state index contributed by atoms with van der Waals surface area (Å²) in [5, 5.41) is 3.31. The first-order valence-electron chi connectivity index (χ1n) is 12.0. The van der Waals surface area contributed by atoms with Crippen LogP contribution in [0.2, 0.25) is 0 Å². The zero-order chi connectivity index (χ0) is 25.8. The molecule has 2 amide bonds. The quantitative estimate of drug-likeness (QED) is 0.481. The molecule has 1 heterocycles. The zero-order valence-electron chi connectivity index (χ0n) is 20.3. The van der Waals surface area contributed by atoms with Gasteiger partial charge in [0.1, 0.15) is 5.75 Å². The average Bonchev–Trinajstić information content (AvgIpc) is 3.57. The fourth-order valence-corrected chi connectivity index (χ4v) is 4.55. The van der Waals surface area contributed by atoms with Crippen LogP contribution < -0.4 is 25.3 Å².